The Balaban J connectivity index is 1.37. The van der Waals surface area contributed by atoms with E-state index in [0.717, 1.165) is 22.3 Å². The predicted octanol–water partition coefficient (Wildman–Crippen LogP) is 6.34. The summed E-state index contributed by atoms with van der Waals surface area (Å²) >= 11 is 0. The molecule has 4 aromatic rings. The Bertz CT molecular complexity index is 1240. The highest BCUT2D eigenvalue weighted by molar-refractivity contribution is 5.16. The maximum Gasteiger partial charge on any atom is 0.111 e. The first-order valence-electron chi connectivity index (χ1n) is 14.0. The molecule has 5 nitrogen and oxygen atoms in total. The Labute approximate surface area is 237 Å². The fourth-order valence-corrected chi connectivity index (χ4v) is 5.34. The van der Waals surface area contributed by atoms with E-state index in [2.05, 4.69) is 36.4 Å². The topological polar surface area (TPSA) is 57.2 Å². The van der Waals surface area contributed by atoms with Crippen molar-refractivity contribution < 1.29 is 24.1 Å². The van der Waals surface area contributed by atoms with Gasteiger partial charge in [0.25, 0.3) is 0 Å². The van der Waals surface area contributed by atoms with Crippen molar-refractivity contribution in [2.45, 2.75) is 57.3 Å². The van der Waals surface area contributed by atoms with Crippen LogP contribution >= 0.6 is 0 Å². The summed E-state index contributed by atoms with van der Waals surface area (Å²) in [5.41, 5.74) is 4.35. The molecule has 5 rings (SSSR count). The molecular formula is C35H38O5. The monoisotopic (exact) mass is 538 g/mol. The molecule has 1 N–H and O–H groups in total. The average Bonchev–Trinajstić information content (AvgIpc) is 3.37. The van der Waals surface area contributed by atoms with Gasteiger partial charge in [-0.1, -0.05) is 121 Å². The largest absolute Gasteiger partial charge is 0.394 e. The highest BCUT2D eigenvalue weighted by Crippen LogP contribution is 2.38. The minimum atomic E-state index is -0.422. The van der Waals surface area contributed by atoms with Crippen molar-refractivity contribution in [1.82, 2.24) is 0 Å². The van der Waals surface area contributed by atoms with Crippen LogP contribution in [0.15, 0.2) is 121 Å². The molecule has 0 heterocycles. The van der Waals surface area contributed by atoms with Crippen molar-refractivity contribution in [2.24, 2.45) is 5.92 Å². The van der Waals surface area contributed by atoms with E-state index < -0.39 is 6.10 Å². The third-order valence-electron chi connectivity index (χ3n) is 7.46. The van der Waals surface area contributed by atoms with Crippen LogP contribution in [0.2, 0.25) is 0 Å². The molecule has 1 saturated carbocycles. The molecule has 1 aliphatic carbocycles. The maximum absolute atomic E-state index is 10.5. The van der Waals surface area contributed by atoms with Gasteiger partial charge in [0, 0.05) is 5.92 Å². The Morgan fingerprint density at radius 3 is 1.38 bits per heavy atom. The summed E-state index contributed by atoms with van der Waals surface area (Å²) in [6, 6.07) is 40.5. The normalized spacial score (nSPS) is 21.3. The Morgan fingerprint density at radius 2 is 0.925 bits per heavy atom. The van der Waals surface area contributed by atoms with Crippen LogP contribution in [-0.4, -0.2) is 36.1 Å². The molecule has 0 saturated heterocycles. The van der Waals surface area contributed by atoms with E-state index in [0.29, 0.717) is 32.8 Å². The summed E-state index contributed by atoms with van der Waals surface area (Å²) in [4.78, 5) is 0. The Kier molecular flexibility index (Phi) is 10.5. The molecule has 40 heavy (non-hydrogen) atoms. The number of aliphatic hydroxyl groups excluding tert-OH is 1. The number of hydrogen-bond acceptors (Lipinski definition) is 5. The SMILES string of the molecule is OC[C@@H](OCc1ccccc1)[C@@H]1C[C@@H](OCc2ccccc2)[C@H](OCc2ccccc2)[C@H]1OCc1ccccc1. The summed E-state index contributed by atoms with van der Waals surface area (Å²) in [5.74, 6) is -0.112. The van der Waals surface area contributed by atoms with Crippen LogP contribution in [0.3, 0.4) is 0 Å². The summed E-state index contributed by atoms with van der Waals surface area (Å²) in [6.45, 7) is 1.67. The molecule has 0 amide bonds. The van der Waals surface area contributed by atoms with Crippen LogP contribution in [0.1, 0.15) is 28.7 Å². The first-order valence-corrected chi connectivity index (χ1v) is 14.0. The second-order valence-electron chi connectivity index (χ2n) is 10.3. The van der Waals surface area contributed by atoms with Gasteiger partial charge in [-0.2, -0.15) is 0 Å². The van der Waals surface area contributed by atoms with Gasteiger partial charge in [-0.05, 0) is 28.7 Å². The summed E-state index contributed by atoms with van der Waals surface area (Å²) < 4.78 is 26.1. The van der Waals surface area contributed by atoms with Crippen molar-refractivity contribution in [2.75, 3.05) is 6.61 Å². The first-order chi connectivity index (χ1) is 19.8. The molecule has 5 atom stereocenters. The first kappa shape index (κ1) is 28.2. The van der Waals surface area contributed by atoms with Gasteiger partial charge >= 0.3 is 0 Å². The minimum absolute atomic E-state index is 0.112. The van der Waals surface area contributed by atoms with Gasteiger partial charge in [0.15, 0.2) is 0 Å². The quantitative estimate of drug-likeness (QED) is 0.203. The third kappa shape index (κ3) is 7.87. The lowest BCUT2D eigenvalue weighted by molar-refractivity contribution is -0.140. The van der Waals surface area contributed by atoms with E-state index in [-0.39, 0.29) is 30.8 Å². The molecule has 4 aromatic carbocycles. The van der Waals surface area contributed by atoms with E-state index in [9.17, 15) is 5.11 Å². The number of rotatable bonds is 14. The van der Waals surface area contributed by atoms with E-state index in [1.165, 1.54) is 0 Å². The second-order valence-corrected chi connectivity index (χ2v) is 10.3. The van der Waals surface area contributed by atoms with Crippen LogP contribution in [0.4, 0.5) is 0 Å². The zero-order valence-electron chi connectivity index (χ0n) is 22.8. The summed E-state index contributed by atoms with van der Waals surface area (Å²) in [5, 5.41) is 10.5. The predicted molar refractivity (Wildman–Crippen MR) is 155 cm³/mol. The lowest BCUT2D eigenvalue weighted by Gasteiger charge is -2.30. The van der Waals surface area contributed by atoms with E-state index in [4.69, 9.17) is 18.9 Å². The molecular weight excluding hydrogens is 500 g/mol. The van der Waals surface area contributed by atoms with Crippen molar-refractivity contribution in [3.63, 3.8) is 0 Å². The molecule has 0 spiro atoms. The van der Waals surface area contributed by atoms with E-state index >= 15 is 0 Å². The van der Waals surface area contributed by atoms with Crippen molar-refractivity contribution in [3.8, 4) is 0 Å². The molecule has 1 aliphatic rings. The number of benzene rings is 4. The van der Waals surface area contributed by atoms with Crippen molar-refractivity contribution in [1.29, 1.82) is 0 Å². The fourth-order valence-electron chi connectivity index (χ4n) is 5.34. The minimum Gasteiger partial charge on any atom is -0.394 e. The molecule has 5 heteroatoms. The number of hydrogen-bond donors (Lipinski definition) is 1. The molecule has 0 aromatic heterocycles. The lowest BCUT2D eigenvalue weighted by Crippen LogP contribution is -2.41. The lowest BCUT2D eigenvalue weighted by atomic mass is 9.98. The van der Waals surface area contributed by atoms with Gasteiger partial charge in [-0.3, -0.25) is 0 Å². The standard InChI is InChI=1S/C35H38O5/c36-22-33(38-24-28-15-7-2-8-16-28)31-21-32(37-23-27-13-5-1-6-14-27)35(40-26-30-19-11-4-12-20-30)34(31)39-25-29-17-9-3-10-18-29/h1-20,31-36H,21-26H2/t31-,32+,33+,34-,35-/m0/s1. The zero-order chi connectivity index (χ0) is 27.4. The third-order valence-corrected chi connectivity index (χ3v) is 7.46. The molecule has 0 unspecified atom stereocenters. The van der Waals surface area contributed by atoms with Crippen LogP contribution in [-0.2, 0) is 45.4 Å². The van der Waals surface area contributed by atoms with Gasteiger partial charge in [0.2, 0.25) is 0 Å². The zero-order valence-corrected chi connectivity index (χ0v) is 22.8. The highest BCUT2D eigenvalue weighted by Gasteiger charge is 2.49. The van der Waals surface area contributed by atoms with E-state index in [1.807, 2.05) is 84.9 Å². The van der Waals surface area contributed by atoms with Crippen molar-refractivity contribution in [3.05, 3.63) is 144 Å². The molecule has 0 aliphatic heterocycles. The molecule has 0 bridgehead atoms. The molecule has 1 fully saturated rings. The van der Waals surface area contributed by atoms with Gasteiger partial charge in [0.1, 0.15) is 6.10 Å². The second kappa shape index (κ2) is 14.9. The smallest absolute Gasteiger partial charge is 0.111 e. The van der Waals surface area contributed by atoms with Gasteiger partial charge in [0.05, 0.1) is 51.3 Å². The van der Waals surface area contributed by atoms with Crippen LogP contribution in [0.5, 0.6) is 0 Å². The Hall–Kier alpha value is -3.32. The van der Waals surface area contributed by atoms with Crippen molar-refractivity contribution >= 4 is 0 Å². The van der Waals surface area contributed by atoms with Crippen LogP contribution < -0.4 is 0 Å². The summed E-state index contributed by atoms with van der Waals surface area (Å²) in [7, 11) is 0. The van der Waals surface area contributed by atoms with Crippen LogP contribution in [0, 0.1) is 5.92 Å². The van der Waals surface area contributed by atoms with Crippen LogP contribution in [0.25, 0.3) is 0 Å². The number of aliphatic hydroxyl groups is 1. The molecule has 0 radical (unpaired) electrons. The number of ether oxygens (including phenoxy) is 4. The van der Waals surface area contributed by atoms with E-state index in [1.54, 1.807) is 0 Å². The molecule has 208 valence electrons. The fraction of sp³-hybridized carbons (Fsp3) is 0.314. The van der Waals surface area contributed by atoms with Gasteiger partial charge in [-0.15, -0.1) is 0 Å². The average molecular weight is 539 g/mol. The summed E-state index contributed by atoms with van der Waals surface area (Å²) in [6.07, 6.45) is -0.631. The Morgan fingerprint density at radius 1 is 0.525 bits per heavy atom. The van der Waals surface area contributed by atoms with Gasteiger partial charge in [-0.25, -0.2) is 0 Å². The highest BCUT2D eigenvalue weighted by atomic mass is 16.6. The maximum atomic E-state index is 10.5. The van der Waals surface area contributed by atoms with Gasteiger partial charge < -0.3 is 24.1 Å².